The van der Waals surface area contributed by atoms with E-state index in [9.17, 15) is 9.90 Å². The highest BCUT2D eigenvalue weighted by atomic mass is 79.9. The summed E-state index contributed by atoms with van der Waals surface area (Å²) in [5, 5.41) is 12.6. The maximum absolute atomic E-state index is 11.2. The lowest BCUT2D eigenvalue weighted by Crippen LogP contribution is -2.10. The fourth-order valence-electron chi connectivity index (χ4n) is 1.48. The molecule has 0 aromatic heterocycles. The van der Waals surface area contributed by atoms with Gasteiger partial charge in [-0.1, -0.05) is 11.6 Å². The van der Waals surface area contributed by atoms with Crippen molar-refractivity contribution < 1.29 is 9.90 Å². The first-order valence-corrected chi connectivity index (χ1v) is 5.17. The van der Waals surface area contributed by atoms with Crippen LogP contribution in [0, 0.1) is 6.92 Å². The molecule has 0 saturated carbocycles. The molecule has 3 nitrogen and oxygen atoms in total. The second kappa shape index (κ2) is 3.22. The summed E-state index contributed by atoms with van der Waals surface area (Å²) in [6.07, 6.45) is -1.16. The molecule has 1 amide bonds. The molecule has 74 valence electrons. The molecule has 5 heteroatoms. The number of aryl methyl sites for hydroxylation is 1. The molecule has 0 saturated heterocycles. The molecule has 2 rings (SSSR count). The minimum absolute atomic E-state index is 0.437. The SMILES string of the molecule is Cc1cc(Br)c2c(c1Cl)C(O)C(=O)N2. The minimum atomic E-state index is -1.16. The van der Waals surface area contributed by atoms with E-state index in [1.54, 1.807) is 6.07 Å². The van der Waals surface area contributed by atoms with E-state index >= 15 is 0 Å². The second-order valence-corrected chi connectivity index (χ2v) is 4.40. The van der Waals surface area contributed by atoms with Gasteiger partial charge in [-0.3, -0.25) is 4.79 Å². The number of hydrogen-bond donors (Lipinski definition) is 2. The van der Waals surface area contributed by atoms with E-state index in [1.165, 1.54) is 0 Å². The van der Waals surface area contributed by atoms with E-state index < -0.39 is 12.0 Å². The van der Waals surface area contributed by atoms with Crippen LogP contribution in [0.2, 0.25) is 5.02 Å². The zero-order valence-electron chi connectivity index (χ0n) is 7.27. The summed E-state index contributed by atoms with van der Waals surface area (Å²) in [4.78, 5) is 11.2. The van der Waals surface area contributed by atoms with Crippen molar-refractivity contribution in [2.75, 3.05) is 5.32 Å². The Kier molecular flexibility index (Phi) is 2.29. The van der Waals surface area contributed by atoms with Gasteiger partial charge in [0.15, 0.2) is 6.10 Å². The molecule has 1 aromatic carbocycles. The van der Waals surface area contributed by atoms with Gasteiger partial charge in [-0.25, -0.2) is 0 Å². The molecule has 1 unspecified atom stereocenters. The van der Waals surface area contributed by atoms with Crippen molar-refractivity contribution in [2.24, 2.45) is 0 Å². The second-order valence-electron chi connectivity index (χ2n) is 3.17. The van der Waals surface area contributed by atoms with Gasteiger partial charge in [0.25, 0.3) is 5.91 Å². The van der Waals surface area contributed by atoms with E-state index in [4.69, 9.17) is 11.6 Å². The lowest BCUT2D eigenvalue weighted by atomic mass is 10.1. The summed E-state index contributed by atoms with van der Waals surface area (Å²) in [7, 11) is 0. The lowest BCUT2D eigenvalue weighted by molar-refractivity contribution is -0.123. The molecule has 0 bridgehead atoms. The number of hydrogen-bond acceptors (Lipinski definition) is 2. The molecule has 0 aliphatic carbocycles. The van der Waals surface area contributed by atoms with Crippen molar-refractivity contribution in [1.82, 2.24) is 0 Å². The normalized spacial score (nSPS) is 19.4. The first-order valence-electron chi connectivity index (χ1n) is 3.99. The number of anilines is 1. The third-order valence-electron chi connectivity index (χ3n) is 2.20. The molecule has 0 radical (unpaired) electrons. The Bertz CT molecular complexity index is 433. The van der Waals surface area contributed by atoms with Crippen LogP contribution in [0.3, 0.4) is 0 Å². The van der Waals surface area contributed by atoms with Crippen LogP contribution < -0.4 is 5.32 Å². The molecule has 0 spiro atoms. The van der Waals surface area contributed by atoms with Crippen molar-refractivity contribution in [3.05, 3.63) is 26.7 Å². The van der Waals surface area contributed by atoms with Gasteiger partial charge in [-0.15, -0.1) is 0 Å². The quantitative estimate of drug-likeness (QED) is 0.764. The number of carbonyl (C=O) groups excluding carboxylic acids is 1. The largest absolute Gasteiger partial charge is 0.378 e. The average molecular weight is 277 g/mol. The van der Waals surface area contributed by atoms with Gasteiger partial charge in [-0.05, 0) is 34.5 Å². The number of benzene rings is 1. The molecule has 1 heterocycles. The number of halogens is 2. The van der Waals surface area contributed by atoms with Crippen molar-refractivity contribution in [3.63, 3.8) is 0 Å². The summed E-state index contributed by atoms with van der Waals surface area (Å²) in [6, 6.07) is 1.81. The Morgan fingerprint density at radius 1 is 1.64 bits per heavy atom. The first kappa shape index (κ1) is 9.96. The van der Waals surface area contributed by atoms with Gasteiger partial charge in [0.1, 0.15) is 0 Å². The number of rotatable bonds is 0. The predicted octanol–water partition coefficient (Wildman–Crippen LogP) is 2.40. The monoisotopic (exact) mass is 275 g/mol. The molecule has 1 atom stereocenters. The van der Waals surface area contributed by atoms with Crippen molar-refractivity contribution in [2.45, 2.75) is 13.0 Å². The van der Waals surface area contributed by atoms with E-state index in [2.05, 4.69) is 21.2 Å². The smallest absolute Gasteiger partial charge is 0.258 e. The predicted molar refractivity (Wildman–Crippen MR) is 57.5 cm³/mol. The van der Waals surface area contributed by atoms with Crippen molar-refractivity contribution in [3.8, 4) is 0 Å². The topological polar surface area (TPSA) is 49.3 Å². The highest BCUT2D eigenvalue weighted by molar-refractivity contribution is 9.10. The molecule has 14 heavy (non-hydrogen) atoms. The molecule has 0 fully saturated rings. The number of carbonyl (C=O) groups is 1. The maximum atomic E-state index is 11.2. The van der Waals surface area contributed by atoms with Gasteiger partial charge < -0.3 is 10.4 Å². The van der Waals surface area contributed by atoms with Crippen LogP contribution in [0.1, 0.15) is 17.2 Å². The summed E-state index contributed by atoms with van der Waals surface area (Å²) in [5.74, 6) is -0.437. The zero-order chi connectivity index (χ0) is 10.5. The average Bonchev–Trinajstić information content (AvgIpc) is 2.41. The number of aliphatic hydroxyl groups is 1. The van der Waals surface area contributed by atoms with Crippen molar-refractivity contribution in [1.29, 1.82) is 0 Å². The van der Waals surface area contributed by atoms with E-state index in [-0.39, 0.29) is 0 Å². The first-order chi connectivity index (χ1) is 6.52. The Morgan fingerprint density at radius 3 is 2.93 bits per heavy atom. The van der Waals surface area contributed by atoms with Crippen LogP contribution in [0.4, 0.5) is 5.69 Å². The van der Waals surface area contributed by atoms with Gasteiger partial charge in [0, 0.05) is 10.0 Å². The highest BCUT2D eigenvalue weighted by Gasteiger charge is 2.33. The summed E-state index contributed by atoms with van der Waals surface area (Å²) in [6.45, 7) is 1.82. The number of aliphatic hydroxyl groups excluding tert-OH is 1. The highest BCUT2D eigenvalue weighted by Crippen LogP contribution is 2.42. The zero-order valence-corrected chi connectivity index (χ0v) is 9.61. The molecule has 1 aliphatic rings. The Labute approximate surface area is 94.2 Å². The van der Waals surface area contributed by atoms with Crippen LogP contribution in [0.5, 0.6) is 0 Å². The molecular formula is C9H7BrClNO2. The van der Waals surface area contributed by atoms with E-state index in [0.29, 0.717) is 16.3 Å². The van der Waals surface area contributed by atoms with Crippen molar-refractivity contribution >= 4 is 39.1 Å². The Balaban J connectivity index is 2.73. The van der Waals surface area contributed by atoms with Gasteiger partial charge >= 0.3 is 0 Å². The third-order valence-corrected chi connectivity index (χ3v) is 3.33. The number of nitrogens with one attached hydrogen (secondary N) is 1. The summed E-state index contributed by atoms with van der Waals surface area (Å²) < 4.78 is 0.735. The number of amides is 1. The Morgan fingerprint density at radius 2 is 2.29 bits per heavy atom. The maximum Gasteiger partial charge on any atom is 0.258 e. The molecule has 1 aliphatic heterocycles. The van der Waals surface area contributed by atoms with Gasteiger partial charge in [-0.2, -0.15) is 0 Å². The summed E-state index contributed by atoms with van der Waals surface area (Å²) >= 11 is 9.30. The minimum Gasteiger partial charge on any atom is -0.378 e. The van der Waals surface area contributed by atoms with Crippen LogP contribution in [-0.4, -0.2) is 11.0 Å². The van der Waals surface area contributed by atoms with Gasteiger partial charge in [0.2, 0.25) is 0 Å². The van der Waals surface area contributed by atoms with Crippen LogP contribution in [0.15, 0.2) is 10.5 Å². The van der Waals surface area contributed by atoms with Crippen LogP contribution in [0.25, 0.3) is 0 Å². The molecule has 1 aromatic rings. The lowest BCUT2D eigenvalue weighted by Gasteiger charge is -2.08. The summed E-state index contributed by atoms with van der Waals surface area (Å²) in [5.41, 5.74) is 1.86. The van der Waals surface area contributed by atoms with Crippen LogP contribution in [-0.2, 0) is 4.79 Å². The third kappa shape index (κ3) is 1.26. The van der Waals surface area contributed by atoms with Crippen LogP contribution >= 0.6 is 27.5 Å². The molecular weight excluding hydrogens is 269 g/mol. The standard InChI is InChI=1S/C9H7BrClNO2/c1-3-2-4(10)7-5(6(3)11)8(13)9(14)12-7/h2,8,13H,1H3,(H,12,14). The van der Waals surface area contributed by atoms with E-state index in [0.717, 1.165) is 10.0 Å². The van der Waals surface area contributed by atoms with Gasteiger partial charge in [0.05, 0.1) is 10.7 Å². The fraction of sp³-hybridized carbons (Fsp3) is 0.222. The van der Waals surface area contributed by atoms with E-state index in [1.807, 2.05) is 6.92 Å². The fourth-order valence-corrected chi connectivity index (χ4v) is 2.39. The number of fused-ring (bicyclic) bond motifs is 1. The Hall–Kier alpha value is -0.580. The molecule has 2 N–H and O–H groups in total.